The lowest BCUT2D eigenvalue weighted by molar-refractivity contribution is 0.245. The SMILES string of the molecule is NC1(c2cnc3cnccn23)CCC1. The van der Waals surface area contributed by atoms with E-state index in [0.29, 0.717) is 0 Å². The molecule has 0 unspecified atom stereocenters. The van der Waals surface area contributed by atoms with Gasteiger partial charge in [0, 0.05) is 12.4 Å². The van der Waals surface area contributed by atoms with E-state index >= 15 is 0 Å². The molecule has 1 fully saturated rings. The lowest BCUT2D eigenvalue weighted by Crippen LogP contribution is -2.44. The number of hydrogen-bond acceptors (Lipinski definition) is 3. The molecule has 0 saturated heterocycles. The summed E-state index contributed by atoms with van der Waals surface area (Å²) in [5.41, 5.74) is 8.09. The number of aromatic nitrogens is 3. The van der Waals surface area contributed by atoms with Crippen molar-refractivity contribution in [1.29, 1.82) is 0 Å². The maximum absolute atomic E-state index is 6.25. The Labute approximate surface area is 81.8 Å². The first-order valence-electron chi connectivity index (χ1n) is 4.86. The van der Waals surface area contributed by atoms with Crippen LogP contribution in [0, 0.1) is 0 Å². The topological polar surface area (TPSA) is 56.2 Å². The smallest absolute Gasteiger partial charge is 0.155 e. The van der Waals surface area contributed by atoms with Crippen molar-refractivity contribution in [3.63, 3.8) is 0 Å². The Morgan fingerprint density at radius 1 is 1.36 bits per heavy atom. The minimum absolute atomic E-state index is 0.152. The molecule has 4 nitrogen and oxygen atoms in total. The van der Waals surface area contributed by atoms with E-state index in [-0.39, 0.29) is 5.54 Å². The summed E-state index contributed by atoms with van der Waals surface area (Å²) in [5, 5.41) is 0. The Morgan fingerprint density at radius 3 is 2.93 bits per heavy atom. The average molecular weight is 188 g/mol. The van der Waals surface area contributed by atoms with Gasteiger partial charge in [-0.05, 0) is 19.3 Å². The Morgan fingerprint density at radius 2 is 2.21 bits per heavy atom. The fourth-order valence-corrected chi connectivity index (χ4v) is 2.02. The summed E-state index contributed by atoms with van der Waals surface area (Å²) in [6.07, 6.45) is 10.6. The van der Waals surface area contributed by atoms with Crippen molar-refractivity contribution in [3.8, 4) is 0 Å². The standard InChI is InChI=1S/C10H12N4/c11-10(2-1-3-10)8-6-13-9-7-12-4-5-14(8)9/h4-7H,1-3,11H2. The van der Waals surface area contributed by atoms with Gasteiger partial charge in [0.15, 0.2) is 5.65 Å². The van der Waals surface area contributed by atoms with Crippen LogP contribution in [0.1, 0.15) is 25.0 Å². The first kappa shape index (κ1) is 7.94. The van der Waals surface area contributed by atoms with Crippen LogP contribution in [-0.2, 0) is 5.54 Å². The molecule has 0 aromatic carbocycles. The van der Waals surface area contributed by atoms with Gasteiger partial charge in [0.25, 0.3) is 0 Å². The minimum Gasteiger partial charge on any atom is -0.320 e. The van der Waals surface area contributed by atoms with Gasteiger partial charge in [-0.25, -0.2) is 4.98 Å². The molecular formula is C10H12N4. The van der Waals surface area contributed by atoms with Crippen LogP contribution in [0.15, 0.2) is 24.8 Å². The normalized spacial score (nSPS) is 19.5. The molecule has 14 heavy (non-hydrogen) atoms. The molecule has 4 heteroatoms. The van der Waals surface area contributed by atoms with E-state index in [2.05, 4.69) is 9.97 Å². The highest BCUT2D eigenvalue weighted by atomic mass is 15.1. The van der Waals surface area contributed by atoms with Crippen LogP contribution in [0.2, 0.25) is 0 Å². The maximum Gasteiger partial charge on any atom is 0.155 e. The minimum atomic E-state index is -0.152. The highest BCUT2D eigenvalue weighted by Gasteiger charge is 2.36. The third kappa shape index (κ3) is 0.915. The third-order valence-electron chi connectivity index (χ3n) is 3.07. The van der Waals surface area contributed by atoms with Crippen LogP contribution < -0.4 is 5.73 Å². The van der Waals surface area contributed by atoms with E-state index < -0.39 is 0 Å². The molecule has 0 atom stereocenters. The molecule has 0 bridgehead atoms. The van der Waals surface area contributed by atoms with Crippen molar-refractivity contribution in [2.24, 2.45) is 5.73 Å². The van der Waals surface area contributed by atoms with Gasteiger partial charge >= 0.3 is 0 Å². The number of rotatable bonds is 1. The third-order valence-corrected chi connectivity index (χ3v) is 3.07. The fraction of sp³-hybridized carbons (Fsp3) is 0.400. The zero-order valence-corrected chi connectivity index (χ0v) is 7.85. The van der Waals surface area contributed by atoms with E-state index in [4.69, 9.17) is 5.73 Å². The molecule has 72 valence electrons. The number of fused-ring (bicyclic) bond motifs is 1. The Kier molecular flexibility index (Phi) is 1.44. The van der Waals surface area contributed by atoms with Gasteiger partial charge in [-0.15, -0.1) is 0 Å². The largest absolute Gasteiger partial charge is 0.320 e. The van der Waals surface area contributed by atoms with Crippen LogP contribution in [0.3, 0.4) is 0 Å². The Bertz CT molecular complexity index is 470. The molecule has 1 aliphatic rings. The lowest BCUT2D eigenvalue weighted by Gasteiger charge is -2.37. The van der Waals surface area contributed by atoms with Crippen LogP contribution in [0.4, 0.5) is 0 Å². The van der Waals surface area contributed by atoms with Gasteiger partial charge in [-0.3, -0.25) is 9.38 Å². The second-order valence-electron chi connectivity index (χ2n) is 3.96. The lowest BCUT2D eigenvalue weighted by atomic mass is 9.75. The second-order valence-corrected chi connectivity index (χ2v) is 3.96. The van der Waals surface area contributed by atoms with Crippen LogP contribution in [0.5, 0.6) is 0 Å². The fourth-order valence-electron chi connectivity index (χ4n) is 2.02. The average Bonchev–Trinajstić information content (AvgIpc) is 2.58. The monoisotopic (exact) mass is 188 g/mol. The van der Waals surface area contributed by atoms with E-state index in [1.807, 2.05) is 16.8 Å². The first-order valence-corrected chi connectivity index (χ1v) is 4.86. The van der Waals surface area contributed by atoms with Crippen molar-refractivity contribution < 1.29 is 0 Å². The molecule has 0 aliphatic heterocycles. The molecule has 0 radical (unpaired) electrons. The highest BCUT2D eigenvalue weighted by Crippen LogP contribution is 2.38. The summed E-state index contributed by atoms with van der Waals surface area (Å²) >= 11 is 0. The van der Waals surface area contributed by atoms with Crippen LogP contribution >= 0.6 is 0 Å². The van der Waals surface area contributed by atoms with Crippen LogP contribution in [0.25, 0.3) is 5.65 Å². The van der Waals surface area contributed by atoms with Crippen molar-refractivity contribution in [2.75, 3.05) is 0 Å². The van der Waals surface area contributed by atoms with Gasteiger partial charge in [-0.2, -0.15) is 0 Å². The summed E-state index contributed by atoms with van der Waals surface area (Å²) in [4.78, 5) is 8.32. The van der Waals surface area contributed by atoms with Crippen molar-refractivity contribution in [3.05, 3.63) is 30.5 Å². The number of nitrogens with zero attached hydrogens (tertiary/aromatic N) is 3. The van der Waals surface area contributed by atoms with Gasteiger partial charge in [0.1, 0.15) is 0 Å². The number of imidazole rings is 1. The van der Waals surface area contributed by atoms with E-state index in [1.54, 1.807) is 12.4 Å². The molecule has 2 aromatic rings. The van der Waals surface area contributed by atoms with Crippen molar-refractivity contribution >= 4 is 5.65 Å². The highest BCUT2D eigenvalue weighted by molar-refractivity contribution is 5.39. The van der Waals surface area contributed by atoms with E-state index in [0.717, 1.165) is 24.2 Å². The van der Waals surface area contributed by atoms with Crippen LogP contribution in [-0.4, -0.2) is 14.4 Å². The zero-order valence-electron chi connectivity index (χ0n) is 7.85. The summed E-state index contributed by atoms with van der Waals surface area (Å²) < 4.78 is 2.03. The van der Waals surface area contributed by atoms with E-state index in [1.165, 1.54) is 6.42 Å². The first-order chi connectivity index (χ1) is 6.80. The predicted octanol–water partition coefficient (Wildman–Crippen LogP) is 1.07. The molecule has 2 heterocycles. The summed E-state index contributed by atoms with van der Waals surface area (Å²) in [7, 11) is 0. The Hall–Kier alpha value is -1.42. The number of nitrogens with two attached hydrogens (primary N) is 1. The van der Waals surface area contributed by atoms with Crippen molar-refractivity contribution in [2.45, 2.75) is 24.8 Å². The summed E-state index contributed by atoms with van der Waals surface area (Å²) in [6.45, 7) is 0. The van der Waals surface area contributed by atoms with Gasteiger partial charge < -0.3 is 5.73 Å². The molecule has 1 aliphatic carbocycles. The molecule has 2 N–H and O–H groups in total. The molecule has 0 spiro atoms. The second kappa shape index (κ2) is 2.54. The van der Waals surface area contributed by atoms with Gasteiger partial charge in [0.05, 0.1) is 23.6 Å². The van der Waals surface area contributed by atoms with Gasteiger partial charge in [0.2, 0.25) is 0 Å². The summed E-state index contributed by atoms with van der Waals surface area (Å²) in [6, 6.07) is 0. The van der Waals surface area contributed by atoms with Gasteiger partial charge in [-0.1, -0.05) is 0 Å². The Balaban J connectivity index is 2.22. The molecule has 0 amide bonds. The molecular weight excluding hydrogens is 176 g/mol. The quantitative estimate of drug-likeness (QED) is 0.728. The number of hydrogen-bond donors (Lipinski definition) is 1. The maximum atomic E-state index is 6.25. The molecule has 1 saturated carbocycles. The molecule has 3 rings (SSSR count). The molecule has 2 aromatic heterocycles. The van der Waals surface area contributed by atoms with Crippen molar-refractivity contribution in [1.82, 2.24) is 14.4 Å². The summed E-state index contributed by atoms with van der Waals surface area (Å²) in [5.74, 6) is 0. The predicted molar refractivity (Wildman–Crippen MR) is 52.7 cm³/mol. The van der Waals surface area contributed by atoms with E-state index in [9.17, 15) is 0 Å². The zero-order chi connectivity index (χ0) is 9.60.